The molecule has 0 aromatic carbocycles. The molecule has 9 heteroatoms. The molecule has 0 fully saturated rings. The molecule has 8 nitrogen and oxygen atoms in total. The van der Waals surface area contributed by atoms with Gasteiger partial charge in [0.1, 0.15) is 0 Å². The molecule has 30 heavy (non-hydrogen) atoms. The van der Waals surface area contributed by atoms with Crippen LogP contribution in [0.1, 0.15) is 26.2 Å². The van der Waals surface area contributed by atoms with Crippen molar-refractivity contribution in [3.8, 4) is 0 Å². The second-order valence-electron chi connectivity index (χ2n) is 6.30. The van der Waals surface area contributed by atoms with Gasteiger partial charge in [-0.2, -0.15) is 0 Å². The van der Waals surface area contributed by atoms with Crippen molar-refractivity contribution in [1.82, 2.24) is 0 Å². The lowest BCUT2D eigenvalue weighted by Crippen LogP contribution is -2.15. The number of rotatable bonds is 27. The fraction of sp³-hybridized carbons (Fsp3) is 1.00. The zero-order valence-electron chi connectivity index (χ0n) is 18.8. The van der Waals surface area contributed by atoms with E-state index in [9.17, 15) is 0 Å². The van der Waals surface area contributed by atoms with E-state index in [4.69, 9.17) is 37.9 Å². The molecule has 0 heterocycles. The predicted octanol–water partition coefficient (Wildman–Crippen LogP) is 2.74. The third kappa shape index (κ3) is 28.4. The Morgan fingerprint density at radius 2 is 0.633 bits per heavy atom. The second-order valence-corrected chi connectivity index (χ2v) is 7.37. The molecule has 0 amide bonds. The lowest BCUT2D eigenvalue weighted by Gasteiger charge is -2.08. The first-order chi connectivity index (χ1) is 14.9. The number of halogens is 1. The number of unbranched alkanes of at least 4 members (excludes halogenated alkanes) is 2. The van der Waals surface area contributed by atoms with E-state index in [1.54, 1.807) is 0 Å². The van der Waals surface area contributed by atoms with Crippen LogP contribution in [0.4, 0.5) is 0 Å². The Morgan fingerprint density at radius 3 is 0.900 bits per heavy atom. The van der Waals surface area contributed by atoms with Gasteiger partial charge >= 0.3 is 0 Å². The van der Waals surface area contributed by atoms with Crippen LogP contribution in [0.3, 0.4) is 0 Å². The minimum atomic E-state index is 0.551. The monoisotopic (exact) mass is 550 g/mol. The largest absolute Gasteiger partial charge is 0.379 e. The van der Waals surface area contributed by atoms with E-state index in [-0.39, 0.29) is 0 Å². The molecule has 0 bridgehead atoms. The molecule has 0 unspecified atom stereocenters. The van der Waals surface area contributed by atoms with Crippen LogP contribution in [0.2, 0.25) is 0 Å². The first-order valence-electron chi connectivity index (χ1n) is 11.1. The Morgan fingerprint density at radius 1 is 0.367 bits per heavy atom. The first kappa shape index (κ1) is 30.4. The first-order valence-corrected chi connectivity index (χ1v) is 12.6. The molecular formula is C21H43IO8. The Hall–Kier alpha value is 0.410. The van der Waals surface area contributed by atoms with Crippen molar-refractivity contribution in [3.63, 3.8) is 0 Å². The summed E-state index contributed by atoms with van der Waals surface area (Å²) in [6, 6.07) is 0. The summed E-state index contributed by atoms with van der Waals surface area (Å²) in [6.07, 6.45) is 3.57. The second kappa shape index (κ2) is 29.4. The highest BCUT2D eigenvalue weighted by Crippen LogP contribution is 1.94. The van der Waals surface area contributed by atoms with E-state index in [1.165, 1.54) is 12.8 Å². The molecule has 0 aromatic heterocycles. The maximum Gasteiger partial charge on any atom is 0.0701 e. The van der Waals surface area contributed by atoms with Crippen molar-refractivity contribution >= 4 is 22.6 Å². The van der Waals surface area contributed by atoms with Crippen LogP contribution in [-0.4, -0.2) is 110 Å². The fourth-order valence-electron chi connectivity index (χ4n) is 2.15. The summed E-state index contributed by atoms with van der Waals surface area (Å²) in [6.45, 7) is 11.9. The molecule has 0 N–H and O–H groups in total. The SMILES string of the molecule is CCCCCOCCOCCOCCOCCOCCOCCOCCOCCI. The van der Waals surface area contributed by atoms with Gasteiger partial charge in [-0.1, -0.05) is 42.4 Å². The summed E-state index contributed by atoms with van der Waals surface area (Å²) >= 11 is 2.28. The number of hydrogen-bond acceptors (Lipinski definition) is 8. The van der Waals surface area contributed by atoms with Crippen LogP contribution in [-0.2, 0) is 37.9 Å². The highest BCUT2D eigenvalue weighted by atomic mass is 127. The van der Waals surface area contributed by atoms with E-state index in [2.05, 4.69) is 29.5 Å². The summed E-state index contributed by atoms with van der Waals surface area (Å²) < 4.78 is 44.3. The molecule has 0 rings (SSSR count). The van der Waals surface area contributed by atoms with Crippen LogP contribution in [0.25, 0.3) is 0 Å². The topological polar surface area (TPSA) is 73.8 Å². The molecule has 0 radical (unpaired) electrons. The molecule has 0 spiro atoms. The van der Waals surface area contributed by atoms with Crippen molar-refractivity contribution < 1.29 is 37.9 Å². The van der Waals surface area contributed by atoms with Gasteiger partial charge in [-0.15, -0.1) is 0 Å². The predicted molar refractivity (Wildman–Crippen MR) is 125 cm³/mol. The smallest absolute Gasteiger partial charge is 0.0701 e. The minimum Gasteiger partial charge on any atom is -0.379 e. The normalized spacial score (nSPS) is 11.4. The van der Waals surface area contributed by atoms with E-state index >= 15 is 0 Å². The van der Waals surface area contributed by atoms with Gasteiger partial charge < -0.3 is 37.9 Å². The van der Waals surface area contributed by atoms with Crippen LogP contribution in [0.15, 0.2) is 0 Å². The van der Waals surface area contributed by atoms with Gasteiger partial charge in [0.2, 0.25) is 0 Å². The standard InChI is InChI=1S/C21H43IO8/c1-2-3-4-6-23-8-10-25-12-14-27-16-18-29-20-21-30-19-17-28-15-13-26-11-9-24-7-5-22/h2-21H2,1H3. The summed E-state index contributed by atoms with van der Waals surface area (Å²) in [5, 5.41) is 0. The van der Waals surface area contributed by atoms with E-state index in [0.717, 1.165) is 24.1 Å². The van der Waals surface area contributed by atoms with Crippen LogP contribution in [0, 0.1) is 0 Å². The molecular weight excluding hydrogens is 507 g/mol. The van der Waals surface area contributed by atoms with Crippen molar-refractivity contribution in [2.45, 2.75) is 26.2 Å². The van der Waals surface area contributed by atoms with Crippen molar-refractivity contribution in [2.24, 2.45) is 0 Å². The Kier molecular flexibility index (Phi) is 29.8. The highest BCUT2D eigenvalue weighted by Gasteiger charge is 1.95. The number of hydrogen-bond donors (Lipinski definition) is 0. The van der Waals surface area contributed by atoms with Gasteiger partial charge in [-0.3, -0.25) is 0 Å². The lowest BCUT2D eigenvalue weighted by molar-refractivity contribution is -0.0228. The molecule has 0 atom stereocenters. The van der Waals surface area contributed by atoms with Gasteiger partial charge in [0.25, 0.3) is 0 Å². The van der Waals surface area contributed by atoms with Gasteiger partial charge in [-0.25, -0.2) is 0 Å². The summed E-state index contributed by atoms with van der Waals surface area (Å²) in [7, 11) is 0. The average molecular weight is 550 g/mol. The third-order valence-electron chi connectivity index (χ3n) is 3.72. The molecule has 0 saturated heterocycles. The molecule has 0 aliphatic heterocycles. The van der Waals surface area contributed by atoms with Gasteiger partial charge in [0.15, 0.2) is 0 Å². The van der Waals surface area contributed by atoms with Gasteiger partial charge in [0, 0.05) is 11.0 Å². The van der Waals surface area contributed by atoms with E-state index < -0.39 is 0 Å². The molecule has 0 saturated carbocycles. The average Bonchev–Trinajstić information content (AvgIpc) is 2.76. The lowest BCUT2D eigenvalue weighted by atomic mass is 10.3. The molecule has 0 aromatic rings. The number of alkyl halides is 1. The van der Waals surface area contributed by atoms with Crippen molar-refractivity contribution in [3.05, 3.63) is 0 Å². The zero-order chi connectivity index (χ0) is 21.8. The van der Waals surface area contributed by atoms with E-state index in [0.29, 0.717) is 92.5 Å². The van der Waals surface area contributed by atoms with E-state index in [1.807, 2.05) is 0 Å². The van der Waals surface area contributed by atoms with Crippen molar-refractivity contribution in [1.29, 1.82) is 0 Å². The summed E-state index contributed by atoms with van der Waals surface area (Å²) in [4.78, 5) is 0. The van der Waals surface area contributed by atoms with Crippen LogP contribution in [0.5, 0.6) is 0 Å². The van der Waals surface area contributed by atoms with Gasteiger partial charge in [0.05, 0.1) is 99.1 Å². The summed E-state index contributed by atoms with van der Waals surface area (Å²) in [5.41, 5.74) is 0. The molecule has 0 aliphatic carbocycles. The molecule has 0 aliphatic rings. The highest BCUT2D eigenvalue weighted by molar-refractivity contribution is 14.1. The summed E-state index contributed by atoms with van der Waals surface area (Å²) in [5.74, 6) is 0. The zero-order valence-corrected chi connectivity index (χ0v) is 20.9. The molecule has 182 valence electrons. The number of ether oxygens (including phenoxy) is 8. The Labute approximate surface area is 196 Å². The van der Waals surface area contributed by atoms with Crippen LogP contribution < -0.4 is 0 Å². The Bertz CT molecular complexity index is 272. The maximum atomic E-state index is 5.46. The maximum absolute atomic E-state index is 5.46. The minimum absolute atomic E-state index is 0.551. The van der Waals surface area contributed by atoms with Crippen LogP contribution >= 0.6 is 22.6 Å². The quantitative estimate of drug-likeness (QED) is 0.0879. The van der Waals surface area contributed by atoms with Gasteiger partial charge in [-0.05, 0) is 6.42 Å². The fourth-order valence-corrected chi connectivity index (χ4v) is 2.46. The third-order valence-corrected chi connectivity index (χ3v) is 4.16. The Balaban J connectivity index is 2.97. The van der Waals surface area contributed by atoms with Crippen molar-refractivity contribution in [2.75, 3.05) is 110 Å².